The summed E-state index contributed by atoms with van der Waals surface area (Å²) in [5.41, 5.74) is 0. The molecule has 12 heteroatoms. The third-order valence-corrected chi connectivity index (χ3v) is 5.81. The van der Waals surface area contributed by atoms with Crippen LogP contribution in [0.4, 0.5) is 22.0 Å². The molecule has 0 amide bonds. The Kier molecular flexibility index (Phi) is 6.69. The molecule has 2 aliphatic rings. The van der Waals surface area contributed by atoms with Gasteiger partial charge in [0.1, 0.15) is 11.9 Å². The first-order chi connectivity index (χ1) is 14.5. The second-order valence-corrected chi connectivity index (χ2v) is 8.04. The summed E-state index contributed by atoms with van der Waals surface area (Å²) in [5.74, 6) is -15.4. The third kappa shape index (κ3) is 4.58. The summed E-state index contributed by atoms with van der Waals surface area (Å²) in [7, 11) is -3.55. The van der Waals surface area contributed by atoms with E-state index in [4.69, 9.17) is 4.74 Å². The van der Waals surface area contributed by atoms with E-state index < -0.39 is 49.7 Å². The maximum atomic E-state index is 15.4. The molecule has 0 radical (unpaired) electrons. The molecule has 170 valence electrons. The first-order valence-electron chi connectivity index (χ1n) is 9.39. The van der Waals surface area contributed by atoms with Crippen LogP contribution in [-0.2, 0) is 14.1 Å². The molecule has 0 bridgehead atoms. The predicted molar refractivity (Wildman–Crippen MR) is 97.4 cm³/mol. The zero-order chi connectivity index (χ0) is 22.9. The quantitative estimate of drug-likeness (QED) is 0.259. The third-order valence-electron chi connectivity index (χ3n) is 4.85. The molecule has 6 nitrogen and oxygen atoms in total. The van der Waals surface area contributed by atoms with Gasteiger partial charge in [-0.25, -0.2) is 9.18 Å². The lowest BCUT2D eigenvalue weighted by Gasteiger charge is -2.42. The average molecular weight is 467 g/mol. The van der Waals surface area contributed by atoms with Crippen LogP contribution in [0, 0.1) is 0 Å². The van der Waals surface area contributed by atoms with Gasteiger partial charge in [-0.3, -0.25) is 0 Å². The Morgan fingerprint density at radius 2 is 1.87 bits per heavy atom. The first kappa shape index (κ1) is 23.6. The van der Waals surface area contributed by atoms with E-state index in [9.17, 15) is 22.9 Å². The van der Waals surface area contributed by atoms with Crippen molar-refractivity contribution in [1.82, 2.24) is 0 Å². The van der Waals surface area contributed by atoms with Gasteiger partial charge in [0.2, 0.25) is 0 Å². The number of hydrogen-bond acceptors (Lipinski definition) is 6. The number of ether oxygens (including phenoxy) is 2. The van der Waals surface area contributed by atoms with Crippen molar-refractivity contribution in [3.05, 3.63) is 42.5 Å². The molecular weight excluding hydrogens is 448 g/mol. The van der Waals surface area contributed by atoms with Gasteiger partial charge in [-0.2, -0.15) is 17.6 Å². The number of carbonyl (C=O) groups is 1. The van der Waals surface area contributed by atoms with Gasteiger partial charge in [-0.05, 0) is 50.5 Å². The fourth-order valence-electron chi connectivity index (χ4n) is 2.80. The predicted octanol–water partition coefficient (Wildman–Crippen LogP) is 4.30. The van der Waals surface area contributed by atoms with Crippen LogP contribution in [0.1, 0.15) is 26.2 Å². The van der Waals surface area contributed by atoms with Crippen molar-refractivity contribution in [1.29, 1.82) is 0 Å². The van der Waals surface area contributed by atoms with Crippen molar-refractivity contribution < 1.29 is 45.6 Å². The molecule has 0 N–H and O–H groups in total. The molecular formula is C19H19F5NO5P. The lowest BCUT2D eigenvalue weighted by atomic mass is 9.91. The second kappa shape index (κ2) is 8.80. The van der Waals surface area contributed by atoms with E-state index in [1.165, 1.54) is 18.2 Å². The molecule has 0 saturated heterocycles. The average Bonchev–Trinajstić information content (AvgIpc) is 2.67. The molecule has 4 unspecified atom stereocenters. The Morgan fingerprint density at radius 1 is 1.23 bits per heavy atom. The van der Waals surface area contributed by atoms with E-state index >= 15 is 8.78 Å². The number of esters is 1. The number of carbonyl (C=O) groups excluding carboxylic acids is 1. The minimum Gasteiger partial charge on any atom is -0.583 e. The molecule has 31 heavy (non-hydrogen) atoms. The highest BCUT2D eigenvalue weighted by Crippen LogP contribution is 2.53. The van der Waals surface area contributed by atoms with Crippen molar-refractivity contribution in [3.63, 3.8) is 0 Å². The highest BCUT2D eigenvalue weighted by atomic mass is 31.1. The van der Waals surface area contributed by atoms with E-state index in [2.05, 4.69) is 14.0 Å². The van der Waals surface area contributed by atoms with Gasteiger partial charge in [0.05, 0.1) is 0 Å². The smallest absolute Gasteiger partial charge is 0.382 e. The summed E-state index contributed by atoms with van der Waals surface area (Å²) < 4.78 is 90.6. The molecule has 0 spiro atoms. The first-order valence-corrected chi connectivity index (χ1v) is 10.5. The van der Waals surface area contributed by atoms with Gasteiger partial charge in [0.15, 0.2) is 12.2 Å². The molecule has 1 aromatic rings. The summed E-state index contributed by atoms with van der Waals surface area (Å²) >= 11 is 0. The SMILES string of the molecule is C[C@H](N=[P+]([O-])OC1(F)C=CC(F)C(F)(F)C1(F)Oc1ccccc1)C(=O)OC1CCC1. The number of benzene rings is 1. The number of hydrogen-bond donors (Lipinski definition) is 0. The van der Waals surface area contributed by atoms with Crippen LogP contribution in [0.5, 0.6) is 5.75 Å². The summed E-state index contributed by atoms with van der Waals surface area (Å²) in [6.07, 6.45) is -1.33. The van der Waals surface area contributed by atoms with E-state index in [1.54, 1.807) is 0 Å². The molecule has 0 aliphatic heterocycles. The monoisotopic (exact) mass is 467 g/mol. The van der Waals surface area contributed by atoms with Crippen LogP contribution in [0.3, 0.4) is 0 Å². The van der Waals surface area contributed by atoms with Gasteiger partial charge in [0.25, 0.3) is 0 Å². The summed E-state index contributed by atoms with van der Waals surface area (Å²) in [6.45, 7) is 1.16. The van der Waals surface area contributed by atoms with Gasteiger partial charge in [0, 0.05) is 0 Å². The normalized spacial score (nSPS) is 31.6. The molecule has 2 aliphatic carbocycles. The largest absolute Gasteiger partial charge is 0.583 e. The van der Waals surface area contributed by atoms with E-state index in [0.717, 1.165) is 25.5 Å². The molecule has 1 saturated carbocycles. The Labute approximate surface area is 175 Å². The number of alkyl halides is 5. The number of allylic oxidation sites excluding steroid dienone is 1. The standard InChI is InChI=1S/C19H19F5NO5P/c1-12(16(26)28-13-8-5-9-13)25-31(27)30-17(21)11-10-15(20)18(22,23)19(17,24)29-14-6-3-2-4-7-14/h2-4,6-7,10-13,15H,5,8-9H2,1H3/t12-,15?,17?,19?/m0/s1. The highest BCUT2D eigenvalue weighted by Gasteiger charge is 2.78. The van der Waals surface area contributed by atoms with Crippen LogP contribution >= 0.6 is 8.17 Å². The Balaban J connectivity index is 1.85. The second-order valence-electron chi connectivity index (χ2n) is 7.15. The van der Waals surface area contributed by atoms with Crippen LogP contribution in [0.25, 0.3) is 0 Å². The summed E-state index contributed by atoms with van der Waals surface area (Å²) in [5, 5.41) is 0. The fourth-order valence-corrected chi connectivity index (χ4v) is 3.63. The van der Waals surface area contributed by atoms with Gasteiger partial charge in [-0.15, -0.1) is 4.52 Å². The fraction of sp³-hybridized carbons (Fsp3) is 0.526. The van der Waals surface area contributed by atoms with E-state index in [1.807, 2.05) is 0 Å². The van der Waals surface area contributed by atoms with E-state index in [0.29, 0.717) is 12.8 Å². The molecule has 0 heterocycles. The zero-order valence-corrected chi connectivity index (χ0v) is 17.1. The Morgan fingerprint density at radius 3 is 2.45 bits per heavy atom. The Hall–Kier alpha value is -2.10. The lowest BCUT2D eigenvalue weighted by molar-refractivity contribution is -0.349. The number of rotatable bonds is 7. The minimum atomic E-state index is -5.06. The van der Waals surface area contributed by atoms with Crippen LogP contribution in [0.2, 0.25) is 0 Å². The number of nitrogens with zero attached hydrogens (tertiary/aromatic N) is 1. The van der Waals surface area contributed by atoms with Crippen LogP contribution < -0.4 is 9.63 Å². The van der Waals surface area contributed by atoms with Gasteiger partial charge >= 0.3 is 31.8 Å². The van der Waals surface area contributed by atoms with Gasteiger partial charge < -0.3 is 14.4 Å². The van der Waals surface area contributed by atoms with Crippen molar-refractivity contribution in [3.8, 4) is 5.75 Å². The van der Waals surface area contributed by atoms with Crippen molar-refractivity contribution in [2.75, 3.05) is 0 Å². The summed E-state index contributed by atoms with van der Waals surface area (Å²) in [6, 6.07) is 4.69. The Bertz CT molecular complexity index is 869. The highest BCUT2D eigenvalue weighted by molar-refractivity contribution is 7.33. The van der Waals surface area contributed by atoms with Crippen LogP contribution in [-0.4, -0.2) is 41.9 Å². The van der Waals surface area contributed by atoms with Crippen molar-refractivity contribution in [2.45, 2.75) is 62.1 Å². The lowest BCUT2D eigenvalue weighted by Crippen LogP contribution is -2.67. The van der Waals surface area contributed by atoms with Crippen molar-refractivity contribution in [2.24, 2.45) is 4.74 Å². The number of para-hydroxylation sites is 1. The summed E-state index contributed by atoms with van der Waals surface area (Å²) in [4.78, 5) is 24.0. The molecule has 5 atom stereocenters. The molecule has 1 fully saturated rings. The van der Waals surface area contributed by atoms with Crippen molar-refractivity contribution >= 4 is 14.1 Å². The molecule has 0 aromatic heterocycles. The van der Waals surface area contributed by atoms with Crippen LogP contribution in [0.15, 0.2) is 47.2 Å². The molecule has 1 aromatic carbocycles. The molecule has 3 rings (SSSR count). The van der Waals surface area contributed by atoms with Gasteiger partial charge in [-0.1, -0.05) is 22.9 Å². The maximum Gasteiger partial charge on any atom is 0.382 e. The number of halogens is 5. The topological polar surface area (TPSA) is 80.2 Å². The maximum absolute atomic E-state index is 15.4. The minimum absolute atomic E-state index is 0.0120. The zero-order valence-electron chi connectivity index (χ0n) is 16.2. The van der Waals surface area contributed by atoms with E-state index in [-0.39, 0.29) is 18.3 Å².